The van der Waals surface area contributed by atoms with Crippen LogP contribution in [0.1, 0.15) is 29.3 Å². The van der Waals surface area contributed by atoms with Crippen LogP contribution in [0.4, 0.5) is 0 Å². The van der Waals surface area contributed by atoms with Crippen LogP contribution in [0.15, 0.2) is 18.2 Å². The molecule has 4 heteroatoms. The van der Waals surface area contributed by atoms with E-state index in [4.69, 9.17) is 0 Å². The van der Waals surface area contributed by atoms with Crippen molar-refractivity contribution in [3.8, 4) is 5.75 Å². The quantitative estimate of drug-likeness (QED) is 0.810. The van der Waals surface area contributed by atoms with Crippen LogP contribution in [-0.2, 0) is 0 Å². The summed E-state index contributed by atoms with van der Waals surface area (Å²) in [6, 6.07) is 4.90. The van der Waals surface area contributed by atoms with Gasteiger partial charge in [-0.3, -0.25) is 4.79 Å². The number of carbonyl (C=O) groups is 1. The minimum atomic E-state index is 0.0591. The van der Waals surface area contributed by atoms with Gasteiger partial charge in [0.25, 0.3) is 5.91 Å². The lowest BCUT2D eigenvalue weighted by atomic mass is 9.98. The zero-order chi connectivity index (χ0) is 13.3. The number of hydrogen-bond acceptors (Lipinski definition) is 2. The number of phenolic OH excluding ortho intramolecular Hbond substituents is 1. The first-order valence-electron chi connectivity index (χ1n) is 6.22. The molecule has 0 aliphatic carbocycles. The predicted octanol–water partition coefficient (Wildman–Crippen LogP) is 2.95. The number of nitrogens with zero attached hydrogens (tertiary/aromatic N) is 1. The number of rotatable bonds is 1. The second kappa shape index (κ2) is 5.31. The molecule has 0 bridgehead atoms. The zero-order valence-corrected chi connectivity index (χ0v) is 12.3. The molecule has 1 amide bonds. The van der Waals surface area contributed by atoms with Gasteiger partial charge in [-0.05, 0) is 43.0 Å². The summed E-state index contributed by atoms with van der Waals surface area (Å²) in [6.07, 6.45) is 1.03. The van der Waals surface area contributed by atoms with Crippen molar-refractivity contribution in [2.24, 2.45) is 5.92 Å². The fraction of sp³-hybridized carbons (Fsp3) is 0.500. The average Bonchev–Trinajstić information content (AvgIpc) is 2.32. The molecule has 0 radical (unpaired) electrons. The first kappa shape index (κ1) is 13.4. The molecule has 18 heavy (non-hydrogen) atoms. The van der Waals surface area contributed by atoms with Gasteiger partial charge >= 0.3 is 0 Å². The highest BCUT2D eigenvalue weighted by Gasteiger charge is 2.28. The smallest absolute Gasteiger partial charge is 0.254 e. The number of piperidine rings is 1. The number of carbonyl (C=O) groups excluding carboxylic acids is 1. The lowest BCUT2D eigenvalue weighted by Crippen LogP contribution is -2.43. The van der Waals surface area contributed by atoms with Crippen LogP contribution >= 0.6 is 15.9 Å². The van der Waals surface area contributed by atoms with Gasteiger partial charge in [0.05, 0.1) is 0 Å². The van der Waals surface area contributed by atoms with Crippen molar-refractivity contribution >= 4 is 21.8 Å². The van der Waals surface area contributed by atoms with Crippen molar-refractivity contribution in [3.05, 3.63) is 29.3 Å². The molecule has 1 fully saturated rings. The Kier molecular flexibility index (Phi) is 3.95. The molecule has 1 saturated heterocycles. The summed E-state index contributed by atoms with van der Waals surface area (Å²) in [6.45, 7) is 5.61. The third-order valence-electron chi connectivity index (χ3n) is 3.59. The maximum absolute atomic E-state index is 12.4. The molecule has 1 heterocycles. The first-order valence-corrected chi connectivity index (χ1v) is 7.13. The van der Waals surface area contributed by atoms with Gasteiger partial charge in [0.2, 0.25) is 0 Å². The Morgan fingerprint density at radius 2 is 2.22 bits per heavy atom. The van der Waals surface area contributed by atoms with Crippen LogP contribution in [0, 0.1) is 12.8 Å². The van der Waals surface area contributed by atoms with Gasteiger partial charge in [-0.25, -0.2) is 0 Å². The SMILES string of the molecule is Cc1cc(O)ccc1C(=O)N1CCC(C)C(Br)C1. The summed E-state index contributed by atoms with van der Waals surface area (Å²) in [5.74, 6) is 0.869. The number of alkyl halides is 1. The number of benzene rings is 1. The Morgan fingerprint density at radius 3 is 2.83 bits per heavy atom. The fourth-order valence-electron chi connectivity index (χ4n) is 2.26. The van der Waals surface area contributed by atoms with Gasteiger partial charge < -0.3 is 10.0 Å². The molecule has 98 valence electrons. The van der Waals surface area contributed by atoms with E-state index in [1.54, 1.807) is 18.2 Å². The fourth-order valence-corrected chi connectivity index (χ4v) is 2.88. The van der Waals surface area contributed by atoms with E-state index >= 15 is 0 Å². The highest BCUT2D eigenvalue weighted by atomic mass is 79.9. The Bertz CT molecular complexity index is 461. The highest BCUT2D eigenvalue weighted by molar-refractivity contribution is 9.09. The van der Waals surface area contributed by atoms with Crippen molar-refractivity contribution in [1.29, 1.82) is 0 Å². The summed E-state index contributed by atoms with van der Waals surface area (Å²) < 4.78 is 0. The maximum atomic E-state index is 12.4. The Labute approximate surface area is 116 Å². The van der Waals surface area contributed by atoms with Crippen LogP contribution in [0.2, 0.25) is 0 Å². The number of hydrogen-bond donors (Lipinski definition) is 1. The Balaban J connectivity index is 2.16. The molecule has 0 spiro atoms. The van der Waals surface area contributed by atoms with Gasteiger partial charge in [-0.2, -0.15) is 0 Å². The van der Waals surface area contributed by atoms with E-state index in [0.29, 0.717) is 16.3 Å². The molecule has 1 aliphatic rings. The maximum Gasteiger partial charge on any atom is 0.254 e. The predicted molar refractivity (Wildman–Crippen MR) is 75.2 cm³/mol. The third-order valence-corrected chi connectivity index (χ3v) is 4.79. The van der Waals surface area contributed by atoms with E-state index < -0.39 is 0 Å². The first-order chi connectivity index (χ1) is 8.49. The molecule has 0 saturated carbocycles. The largest absolute Gasteiger partial charge is 0.508 e. The van der Waals surface area contributed by atoms with Crippen molar-refractivity contribution in [2.45, 2.75) is 25.1 Å². The van der Waals surface area contributed by atoms with Crippen molar-refractivity contribution in [3.63, 3.8) is 0 Å². The lowest BCUT2D eigenvalue weighted by molar-refractivity contribution is 0.0705. The topological polar surface area (TPSA) is 40.5 Å². The number of likely N-dealkylation sites (tertiary alicyclic amines) is 1. The number of amides is 1. The van der Waals surface area contributed by atoms with Crippen LogP contribution in [0.3, 0.4) is 0 Å². The van der Waals surface area contributed by atoms with Gasteiger partial charge in [0.1, 0.15) is 5.75 Å². The van der Waals surface area contributed by atoms with Gasteiger partial charge in [-0.1, -0.05) is 22.9 Å². The zero-order valence-electron chi connectivity index (χ0n) is 10.7. The number of phenols is 1. The van der Waals surface area contributed by atoms with Crippen molar-refractivity contribution < 1.29 is 9.90 Å². The summed E-state index contributed by atoms with van der Waals surface area (Å²) in [5.41, 5.74) is 1.51. The second-order valence-electron chi connectivity index (χ2n) is 5.03. The molecular weight excluding hydrogens is 294 g/mol. The molecule has 2 atom stereocenters. The van der Waals surface area contributed by atoms with Gasteiger partial charge in [0, 0.05) is 23.5 Å². The molecule has 3 nitrogen and oxygen atoms in total. The molecule has 0 aromatic heterocycles. The van der Waals surface area contributed by atoms with Gasteiger partial charge in [0.15, 0.2) is 0 Å². The van der Waals surface area contributed by atoms with E-state index in [-0.39, 0.29) is 11.7 Å². The van der Waals surface area contributed by atoms with Crippen molar-refractivity contribution in [2.75, 3.05) is 13.1 Å². The van der Waals surface area contributed by atoms with E-state index in [1.165, 1.54) is 0 Å². The monoisotopic (exact) mass is 311 g/mol. The van der Waals surface area contributed by atoms with E-state index in [2.05, 4.69) is 22.9 Å². The number of aromatic hydroxyl groups is 1. The van der Waals surface area contributed by atoms with Crippen LogP contribution in [0.25, 0.3) is 0 Å². The number of aryl methyl sites for hydroxylation is 1. The normalized spacial score (nSPS) is 24.1. The summed E-state index contributed by atoms with van der Waals surface area (Å²) in [7, 11) is 0. The second-order valence-corrected chi connectivity index (χ2v) is 6.21. The summed E-state index contributed by atoms with van der Waals surface area (Å²) in [4.78, 5) is 14.7. The Morgan fingerprint density at radius 1 is 1.50 bits per heavy atom. The standard InChI is InChI=1S/C14H18BrNO2/c1-9-5-6-16(8-13(9)15)14(18)12-4-3-11(17)7-10(12)2/h3-4,7,9,13,17H,5-6,8H2,1-2H3. The van der Waals surface area contributed by atoms with Crippen LogP contribution in [0.5, 0.6) is 5.75 Å². The van der Waals surface area contributed by atoms with E-state index in [1.807, 2.05) is 11.8 Å². The molecular formula is C14H18BrNO2. The third kappa shape index (κ3) is 2.69. The molecule has 1 aliphatic heterocycles. The molecule has 2 rings (SSSR count). The molecule has 1 aromatic rings. The minimum Gasteiger partial charge on any atom is -0.508 e. The molecule has 2 unspecified atom stereocenters. The van der Waals surface area contributed by atoms with Crippen molar-refractivity contribution in [1.82, 2.24) is 4.90 Å². The summed E-state index contributed by atoms with van der Waals surface area (Å²) >= 11 is 3.63. The molecule has 1 N–H and O–H groups in total. The van der Waals surface area contributed by atoms with E-state index in [0.717, 1.165) is 25.1 Å². The lowest BCUT2D eigenvalue weighted by Gasteiger charge is -2.34. The van der Waals surface area contributed by atoms with Crippen LogP contribution in [-0.4, -0.2) is 33.8 Å². The van der Waals surface area contributed by atoms with Gasteiger partial charge in [-0.15, -0.1) is 0 Å². The minimum absolute atomic E-state index is 0.0591. The van der Waals surface area contributed by atoms with E-state index in [9.17, 15) is 9.90 Å². The molecule has 1 aromatic carbocycles. The highest BCUT2D eigenvalue weighted by Crippen LogP contribution is 2.25. The Hall–Kier alpha value is -1.03. The average molecular weight is 312 g/mol. The van der Waals surface area contributed by atoms with Crippen LogP contribution < -0.4 is 0 Å². The number of halogens is 1. The summed E-state index contributed by atoms with van der Waals surface area (Å²) in [5, 5.41) is 9.37.